The number of anilines is 1. The van der Waals surface area contributed by atoms with E-state index in [1.807, 2.05) is 6.07 Å². The summed E-state index contributed by atoms with van der Waals surface area (Å²) in [4.78, 5) is 1.68. The monoisotopic (exact) mass is 222 g/mol. The Morgan fingerprint density at radius 2 is 2.44 bits per heavy atom. The lowest BCUT2D eigenvalue weighted by molar-refractivity contribution is 0.0694. The fourth-order valence-corrected chi connectivity index (χ4v) is 1.34. The summed E-state index contributed by atoms with van der Waals surface area (Å²) in [6, 6.07) is 3.61. The number of methoxy groups -OCH3 is 1. The molecule has 1 aromatic heterocycles. The minimum atomic E-state index is -0.622. The van der Waals surface area contributed by atoms with Crippen LogP contribution in [0.25, 0.3) is 0 Å². The van der Waals surface area contributed by atoms with E-state index in [4.69, 9.17) is 10.00 Å². The molecule has 1 N–H and O–H groups in total. The molecule has 0 aliphatic heterocycles. The van der Waals surface area contributed by atoms with Crippen LogP contribution in [0.3, 0.4) is 0 Å². The Bertz CT molecular complexity index is 377. The molecule has 6 heteroatoms. The SMILES string of the molecule is COCC(O)CN(C)c1nnccc1C#N. The Kier molecular flexibility index (Phi) is 4.64. The van der Waals surface area contributed by atoms with Crippen LogP contribution < -0.4 is 4.90 Å². The van der Waals surface area contributed by atoms with Gasteiger partial charge in [0.2, 0.25) is 0 Å². The summed E-state index contributed by atoms with van der Waals surface area (Å²) in [5.41, 5.74) is 0.433. The van der Waals surface area contributed by atoms with Crippen LogP contribution in [0.4, 0.5) is 5.82 Å². The molecule has 1 atom stereocenters. The number of ether oxygens (including phenoxy) is 1. The van der Waals surface area contributed by atoms with Crippen LogP contribution in [0.2, 0.25) is 0 Å². The van der Waals surface area contributed by atoms with Crippen molar-refractivity contribution in [2.24, 2.45) is 0 Å². The maximum Gasteiger partial charge on any atom is 0.169 e. The van der Waals surface area contributed by atoms with Crippen molar-refractivity contribution in [1.29, 1.82) is 5.26 Å². The molecule has 86 valence electrons. The van der Waals surface area contributed by atoms with Crippen LogP contribution in [0.1, 0.15) is 5.56 Å². The van der Waals surface area contributed by atoms with Gasteiger partial charge in [-0.2, -0.15) is 10.4 Å². The van der Waals surface area contributed by atoms with E-state index in [2.05, 4.69) is 10.2 Å². The Morgan fingerprint density at radius 3 is 3.06 bits per heavy atom. The van der Waals surface area contributed by atoms with Gasteiger partial charge in [-0.15, -0.1) is 5.10 Å². The van der Waals surface area contributed by atoms with E-state index in [1.165, 1.54) is 13.3 Å². The second kappa shape index (κ2) is 6.00. The van der Waals surface area contributed by atoms with Gasteiger partial charge in [-0.3, -0.25) is 0 Å². The smallest absolute Gasteiger partial charge is 0.169 e. The predicted octanol–water partition coefficient (Wildman–Crippen LogP) is -0.208. The minimum Gasteiger partial charge on any atom is -0.389 e. The first kappa shape index (κ1) is 12.4. The molecule has 0 saturated carbocycles. The van der Waals surface area contributed by atoms with E-state index >= 15 is 0 Å². The quantitative estimate of drug-likeness (QED) is 0.742. The van der Waals surface area contributed by atoms with Gasteiger partial charge in [-0.1, -0.05) is 0 Å². The number of likely N-dealkylation sites (N-methyl/N-ethyl adjacent to an activating group) is 1. The largest absolute Gasteiger partial charge is 0.389 e. The summed E-state index contributed by atoms with van der Waals surface area (Å²) in [5.74, 6) is 0.458. The summed E-state index contributed by atoms with van der Waals surface area (Å²) in [6.45, 7) is 0.577. The fraction of sp³-hybridized carbons (Fsp3) is 0.500. The van der Waals surface area contributed by atoms with Gasteiger partial charge in [-0.25, -0.2) is 0 Å². The molecule has 6 nitrogen and oxygen atoms in total. The van der Waals surface area contributed by atoms with Gasteiger partial charge < -0.3 is 14.7 Å². The van der Waals surface area contributed by atoms with E-state index in [0.29, 0.717) is 17.9 Å². The van der Waals surface area contributed by atoms with Crippen LogP contribution >= 0.6 is 0 Å². The summed E-state index contributed by atoms with van der Waals surface area (Å²) < 4.78 is 4.82. The van der Waals surface area contributed by atoms with E-state index in [9.17, 15) is 5.11 Å². The van der Waals surface area contributed by atoms with Gasteiger partial charge in [0.1, 0.15) is 6.07 Å². The van der Waals surface area contributed by atoms with Crippen molar-refractivity contribution < 1.29 is 9.84 Å². The molecule has 0 aromatic carbocycles. The summed E-state index contributed by atoms with van der Waals surface area (Å²) in [6.07, 6.45) is 0.838. The van der Waals surface area contributed by atoms with Crippen molar-refractivity contribution in [2.75, 3.05) is 32.2 Å². The lowest BCUT2D eigenvalue weighted by Crippen LogP contribution is -2.32. The molecule has 1 heterocycles. The van der Waals surface area contributed by atoms with Crippen molar-refractivity contribution >= 4 is 5.82 Å². The first-order valence-corrected chi connectivity index (χ1v) is 4.79. The zero-order valence-corrected chi connectivity index (χ0v) is 9.29. The van der Waals surface area contributed by atoms with E-state index in [-0.39, 0.29) is 6.61 Å². The third-order valence-electron chi connectivity index (χ3n) is 2.03. The lowest BCUT2D eigenvalue weighted by atomic mass is 10.2. The van der Waals surface area contributed by atoms with Gasteiger partial charge in [0.05, 0.1) is 24.5 Å². The molecule has 0 saturated heterocycles. The molecule has 0 spiro atoms. The highest BCUT2D eigenvalue weighted by Gasteiger charge is 2.13. The highest BCUT2D eigenvalue weighted by molar-refractivity contribution is 5.51. The molecular weight excluding hydrogens is 208 g/mol. The highest BCUT2D eigenvalue weighted by Crippen LogP contribution is 2.13. The third kappa shape index (κ3) is 3.15. The molecule has 0 aliphatic carbocycles. The first-order chi connectivity index (χ1) is 7.69. The Labute approximate surface area is 94.1 Å². The Balaban J connectivity index is 2.73. The van der Waals surface area contributed by atoms with Crippen LogP contribution in [0.5, 0.6) is 0 Å². The molecule has 1 rings (SSSR count). The molecule has 0 radical (unpaired) electrons. The van der Waals surface area contributed by atoms with Crippen molar-refractivity contribution in [3.8, 4) is 6.07 Å². The molecule has 0 amide bonds. The number of aromatic nitrogens is 2. The van der Waals surface area contributed by atoms with Crippen LogP contribution in [0, 0.1) is 11.3 Å². The predicted molar refractivity (Wildman–Crippen MR) is 57.9 cm³/mol. The van der Waals surface area contributed by atoms with Gasteiger partial charge in [0.15, 0.2) is 5.82 Å². The van der Waals surface area contributed by atoms with Crippen LogP contribution in [0.15, 0.2) is 12.3 Å². The zero-order chi connectivity index (χ0) is 12.0. The molecule has 1 unspecified atom stereocenters. The Morgan fingerprint density at radius 1 is 1.69 bits per heavy atom. The van der Waals surface area contributed by atoms with E-state index in [1.54, 1.807) is 18.0 Å². The van der Waals surface area contributed by atoms with Crippen LogP contribution in [-0.4, -0.2) is 48.7 Å². The maximum absolute atomic E-state index is 9.55. The van der Waals surface area contributed by atoms with Gasteiger partial charge >= 0.3 is 0 Å². The molecule has 16 heavy (non-hydrogen) atoms. The van der Waals surface area contributed by atoms with Crippen molar-refractivity contribution in [3.05, 3.63) is 17.8 Å². The molecule has 0 fully saturated rings. The second-order valence-electron chi connectivity index (χ2n) is 3.37. The number of aliphatic hydroxyl groups is 1. The molecule has 0 aliphatic rings. The molecule has 0 bridgehead atoms. The summed E-state index contributed by atoms with van der Waals surface area (Å²) in [5, 5.41) is 26.0. The standard InChI is InChI=1S/C10H14N4O2/c1-14(6-9(15)7-16-2)10-8(5-11)3-4-12-13-10/h3-4,9,15H,6-7H2,1-2H3. The topological polar surface area (TPSA) is 82.3 Å². The first-order valence-electron chi connectivity index (χ1n) is 4.79. The van der Waals surface area contributed by atoms with E-state index in [0.717, 1.165) is 0 Å². The summed E-state index contributed by atoms with van der Waals surface area (Å²) >= 11 is 0. The molecule has 1 aromatic rings. The minimum absolute atomic E-state index is 0.243. The van der Waals surface area contributed by atoms with Gasteiger partial charge in [0, 0.05) is 20.7 Å². The number of rotatable bonds is 5. The second-order valence-corrected chi connectivity index (χ2v) is 3.37. The average Bonchev–Trinajstić information content (AvgIpc) is 2.29. The number of nitriles is 1. The normalized spacial score (nSPS) is 11.9. The van der Waals surface area contributed by atoms with E-state index < -0.39 is 6.10 Å². The van der Waals surface area contributed by atoms with Gasteiger partial charge in [0.25, 0.3) is 0 Å². The van der Waals surface area contributed by atoms with Crippen molar-refractivity contribution in [3.63, 3.8) is 0 Å². The van der Waals surface area contributed by atoms with Crippen molar-refractivity contribution in [2.45, 2.75) is 6.10 Å². The number of aliphatic hydroxyl groups excluding tert-OH is 1. The van der Waals surface area contributed by atoms with Gasteiger partial charge in [-0.05, 0) is 6.07 Å². The number of nitrogens with zero attached hydrogens (tertiary/aromatic N) is 4. The maximum atomic E-state index is 9.55. The average molecular weight is 222 g/mol. The third-order valence-corrected chi connectivity index (χ3v) is 2.03. The number of hydrogen-bond acceptors (Lipinski definition) is 6. The zero-order valence-electron chi connectivity index (χ0n) is 9.29. The lowest BCUT2D eigenvalue weighted by Gasteiger charge is -2.21. The Hall–Kier alpha value is -1.71. The fourth-order valence-electron chi connectivity index (χ4n) is 1.34. The van der Waals surface area contributed by atoms with Crippen molar-refractivity contribution in [1.82, 2.24) is 10.2 Å². The summed E-state index contributed by atoms with van der Waals surface area (Å²) in [7, 11) is 3.26. The molecular formula is C10H14N4O2. The van der Waals surface area contributed by atoms with Crippen LogP contribution in [-0.2, 0) is 4.74 Å². The highest BCUT2D eigenvalue weighted by atomic mass is 16.5. The number of hydrogen-bond donors (Lipinski definition) is 1.